The first-order chi connectivity index (χ1) is 9.24. The molecule has 0 spiro atoms. The van der Waals surface area contributed by atoms with E-state index in [-0.39, 0.29) is 12.1 Å². The van der Waals surface area contributed by atoms with Crippen LogP contribution >= 0.6 is 0 Å². The molecule has 0 saturated carbocycles. The van der Waals surface area contributed by atoms with E-state index in [4.69, 9.17) is 5.73 Å². The van der Waals surface area contributed by atoms with Gasteiger partial charge in [-0.15, -0.1) is 0 Å². The van der Waals surface area contributed by atoms with E-state index in [2.05, 4.69) is 41.3 Å². The van der Waals surface area contributed by atoms with Crippen molar-refractivity contribution in [3.05, 3.63) is 47.5 Å². The zero-order valence-corrected chi connectivity index (χ0v) is 11.3. The van der Waals surface area contributed by atoms with Gasteiger partial charge in [0.05, 0.1) is 6.04 Å². The third kappa shape index (κ3) is 2.54. The van der Waals surface area contributed by atoms with Gasteiger partial charge < -0.3 is 5.73 Å². The smallest absolute Gasteiger partial charge is 0.151 e. The highest BCUT2D eigenvalue weighted by Crippen LogP contribution is 2.21. The second-order valence-electron chi connectivity index (χ2n) is 5.32. The van der Waals surface area contributed by atoms with Crippen molar-refractivity contribution in [2.45, 2.75) is 44.7 Å². The number of rotatable bonds is 3. The summed E-state index contributed by atoms with van der Waals surface area (Å²) >= 11 is 0. The van der Waals surface area contributed by atoms with E-state index in [0.29, 0.717) is 0 Å². The Balaban J connectivity index is 1.72. The van der Waals surface area contributed by atoms with Crippen LogP contribution < -0.4 is 5.73 Å². The highest BCUT2D eigenvalue weighted by molar-refractivity contribution is 5.15. The Hall–Kier alpha value is -1.68. The molecular weight excluding hydrogens is 236 g/mol. The molecule has 1 aromatic carbocycles. The molecular formula is C15H20N4. The first-order valence-corrected chi connectivity index (χ1v) is 6.98. The molecule has 2 atom stereocenters. The number of nitrogens with zero attached hydrogens (tertiary/aromatic N) is 3. The highest BCUT2D eigenvalue weighted by Gasteiger charge is 2.25. The van der Waals surface area contributed by atoms with Gasteiger partial charge in [0.1, 0.15) is 5.82 Å². The zero-order chi connectivity index (χ0) is 13.2. The fourth-order valence-corrected chi connectivity index (χ4v) is 2.63. The van der Waals surface area contributed by atoms with Gasteiger partial charge in [-0.05, 0) is 25.3 Å². The molecule has 0 fully saturated rings. The largest absolute Gasteiger partial charge is 0.326 e. The molecule has 0 bridgehead atoms. The van der Waals surface area contributed by atoms with Gasteiger partial charge in [-0.1, -0.05) is 30.3 Å². The Kier molecular flexibility index (Phi) is 3.34. The normalized spacial score (nSPS) is 22.2. The van der Waals surface area contributed by atoms with Gasteiger partial charge in [0.15, 0.2) is 5.82 Å². The average molecular weight is 256 g/mol. The fraction of sp³-hybridized carbons (Fsp3) is 0.467. The topological polar surface area (TPSA) is 56.7 Å². The van der Waals surface area contributed by atoms with Gasteiger partial charge in [0.2, 0.25) is 0 Å². The second-order valence-corrected chi connectivity index (χ2v) is 5.32. The summed E-state index contributed by atoms with van der Waals surface area (Å²) in [5, 5.41) is 4.62. The van der Waals surface area contributed by atoms with E-state index in [1.807, 2.05) is 10.7 Å². The molecule has 4 heteroatoms. The molecule has 2 unspecified atom stereocenters. The Morgan fingerprint density at radius 1 is 1.26 bits per heavy atom. The van der Waals surface area contributed by atoms with E-state index in [1.165, 1.54) is 5.56 Å². The van der Waals surface area contributed by atoms with Gasteiger partial charge >= 0.3 is 0 Å². The lowest BCUT2D eigenvalue weighted by atomic mass is 10.0. The minimum absolute atomic E-state index is 0.205. The molecule has 0 amide bonds. The SMILES string of the molecule is CC1C(N)CCc2nc(CCc3ccccc3)nn21. The Labute approximate surface area is 113 Å². The molecule has 0 saturated heterocycles. The van der Waals surface area contributed by atoms with E-state index < -0.39 is 0 Å². The lowest BCUT2D eigenvalue weighted by Gasteiger charge is -2.25. The van der Waals surface area contributed by atoms with Crippen molar-refractivity contribution in [3.63, 3.8) is 0 Å². The fourth-order valence-electron chi connectivity index (χ4n) is 2.63. The van der Waals surface area contributed by atoms with Crippen LogP contribution in [0.3, 0.4) is 0 Å². The Bertz CT molecular complexity index is 547. The number of aromatic nitrogens is 3. The standard InChI is InChI=1S/C15H20N4/c1-11-13(16)8-10-15-17-14(18-19(11)15)9-7-12-5-3-2-4-6-12/h2-6,11,13H,7-10,16H2,1H3. The van der Waals surface area contributed by atoms with Crippen LogP contribution in [0, 0.1) is 0 Å². The molecule has 1 aromatic heterocycles. The van der Waals surface area contributed by atoms with E-state index >= 15 is 0 Å². The van der Waals surface area contributed by atoms with Gasteiger partial charge in [-0.25, -0.2) is 9.67 Å². The second kappa shape index (κ2) is 5.13. The summed E-state index contributed by atoms with van der Waals surface area (Å²) in [6.45, 7) is 2.13. The summed E-state index contributed by atoms with van der Waals surface area (Å²) in [6.07, 6.45) is 3.85. The van der Waals surface area contributed by atoms with Crippen LogP contribution in [0.25, 0.3) is 0 Å². The maximum atomic E-state index is 6.08. The van der Waals surface area contributed by atoms with Crippen molar-refractivity contribution in [3.8, 4) is 0 Å². The quantitative estimate of drug-likeness (QED) is 0.912. The first kappa shape index (κ1) is 12.4. The molecule has 1 aliphatic heterocycles. The summed E-state index contributed by atoms with van der Waals surface area (Å²) in [5.41, 5.74) is 7.41. The van der Waals surface area contributed by atoms with Crippen LogP contribution in [0.1, 0.15) is 36.6 Å². The molecule has 0 radical (unpaired) electrons. The van der Waals surface area contributed by atoms with E-state index in [1.54, 1.807) is 0 Å². The molecule has 1 aliphatic rings. The molecule has 4 nitrogen and oxygen atoms in total. The molecule has 2 aromatic rings. The van der Waals surface area contributed by atoms with Gasteiger partial charge in [-0.3, -0.25) is 0 Å². The molecule has 0 aliphatic carbocycles. The van der Waals surface area contributed by atoms with Crippen LogP contribution in [0.5, 0.6) is 0 Å². The molecule has 100 valence electrons. The van der Waals surface area contributed by atoms with Crippen molar-refractivity contribution in [2.24, 2.45) is 5.73 Å². The summed E-state index contributed by atoms with van der Waals surface area (Å²) in [4.78, 5) is 4.65. The van der Waals surface area contributed by atoms with Gasteiger partial charge in [-0.2, -0.15) is 5.10 Å². The maximum absolute atomic E-state index is 6.08. The first-order valence-electron chi connectivity index (χ1n) is 6.98. The summed E-state index contributed by atoms with van der Waals surface area (Å²) < 4.78 is 2.02. The van der Waals surface area contributed by atoms with Gasteiger partial charge in [0.25, 0.3) is 0 Å². The van der Waals surface area contributed by atoms with Crippen molar-refractivity contribution >= 4 is 0 Å². The molecule has 3 rings (SSSR count). The third-order valence-electron chi connectivity index (χ3n) is 3.93. The van der Waals surface area contributed by atoms with Crippen molar-refractivity contribution in [1.29, 1.82) is 0 Å². The zero-order valence-electron chi connectivity index (χ0n) is 11.3. The summed E-state index contributed by atoms with van der Waals surface area (Å²) in [5.74, 6) is 2.04. The summed E-state index contributed by atoms with van der Waals surface area (Å²) in [6, 6.07) is 10.9. The van der Waals surface area contributed by atoms with Crippen LogP contribution in [0.2, 0.25) is 0 Å². The van der Waals surface area contributed by atoms with Crippen molar-refractivity contribution < 1.29 is 0 Å². The monoisotopic (exact) mass is 256 g/mol. The predicted octanol–water partition coefficient (Wildman–Crippen LogP) is 1.90. The Morgan fingerprint density at radius 2 is 2.05 bits per heavy atom. The van der Waals surface area contributed by atoms with Crippen LogP contribution in [0.4, 0.5) is 0 Å². The minimum atomic E-state index is 0.205. The van der Waals surface area contributed by atoms with Crippen molar-refractivity contribution in [2.75, 3.05) is 0 Å². The molecule has 2 N–H and O–H groups in total. The van der Waals surface area contributed by atoms with Crippen LogP contribution in [-0.4, -0.2) is 20.8 Å². The lowest BCUT2D eigenvalue weighted by Crippen LogP contribution is -2.36. The van der Waals surface area contributed by atoms with Crippen LogP contribution in [-0.2, 0) is 19.3 Å². The third-order valence-corrected chi connectivity index (χ3v) is 3.93. The van der Waals surface area contributed by atoms with E-state index in [0.717, 1.165) is 37.3 Å². The molecule has 2 heterocycles. The van der Waals surface area contributed by atoms with Crippen molar-refractivity contribution in [1.82, 2.24) is 14.8 Å². The van der Waals surface area contributed by atoms with Crippen LogP contribution in [0.15, 0.2) is 30.3 Å². The average Bonchev–Trinajstić information content (AvgIpc) is 2.86. The number of benzene rings is 1. The number of nitrogens with two attached hydrogens (primary N) is 1. The Morgan fingerprint density at radius 3 is 2.84 bits per heavy atom. The van der Waals surface area contributed by atoms with Gasteiger partial charge in [0, 0.05) is 18.9 Å². The number of fused-ring (bicyclic) bond motifs is 1. The number of hydrogen-bond donors (Lipinski definition) is 1. The predicted molar refractivity (Wildman–Crippen MR) is 74.9 cm³/mol. The number of aryl methyl sites for hydroxylation is 3. The molecule has 19 heavy (non-hydrogen) atoms. The lowest BCUT2D eigenvalue weighted by molar-refractivity contribution is 0.337. The summed E-state index contributed by atoms with van der Waals surface area (Å²) in [7, 11) is 0. The maximum Gasteiger partial charge on any atom is 0.151 e. The van der Waals surface area contributed by atoms with E-state index in [9.17, 15) is 0 Å². The highest BCUT2D eigenvalue weighted by atomic mass is 15.4. The number of hydrogen-bond acceptors (Lipinski definition) is 3. The minimum Gasteiger partial charge on any atom is -0.326 e.